The van der Waals surface area contributed by atoms with Gasteiger partial charge in [-0.3, -0.25) is 9.59 Å². The van der Waals surface area contributed by atoms with Crippen molar-refractivity contribution >= 4 is 11.9 Å². The van der Waals surface area contributed by atoms with E-state index in [1.54, 1.807) is 12.1 Å². The minimum Gasteiger partial charge on any atom is -0.481 e. The van der Waals surface area contributed by atoms with Gasteiger partial charge in [0, 0.05) is 12.5 Å². The molecular weight excluding hydrogens is 371 g/mol. The molecule has 2 aromatic rings. The van der Waals surface area contributed by atoms with Crippen LogP contribution in [-0.2, 0) is 22.2 Å². The first-order valence-electron chi connectivity index (χ1n) is 8.98. The maximum Gasteiger partial charge on any atom is 0.416 e. The summed E-state index contributed by atoms with van der Waals surface area (Å²) in [5, 5.41) is 12.0. The standard InChI is InChI=1S/C21H20F3NO3/c22-21(23,24)18-9-5-4-8-15(18)16-11-17(16)19(26)25-12-14(20(27)28)10-13-6-2-1-3-7-13/h1-9,14,16-17H,10-12H2,(H,25,26)(H,27,28). The van der Waals surface area contributed by atoms with Gasteiger partial charge in [-0.25, -0.2) is 0 Å². The molecule has 1 amide bonds. The number of benzene rings is 2. The molecule has 1 fully saturated rings. The molecule has 0 saturated heterocycles. The number of halogens is 3. The smallest absolute Gasteiger partial charge is 0.416 e. The van der Waals surface area contributed by atoms with Crippen molar-refractivity contribution in [1.82, 2.24) is 5.32 Å². The predicted molar refractivity (Wildman–Crippen MR) is 96.6 cm³/mol. The van der Waals surface area contributed by atoms with Gasteiger partial charge in [0.1, 0.15) is 0 Å². The summed E-state index contributed by atoms with van der Waals surface area (Å²) in [5.41, 5.74) is 0.240. The molecule has 3 unspecified atom stereocenters. The van der Waals surface area contributed by atoms with Crippen LogP contribution in [0.25, 0.3) is 0 Å². The average molecular weight is 391 g/mol. The van der Waals surface area contributed by atoms with E-state index in [-0.39, 0.29) is 18.5 Å². The van der Waals surface area contributed by atoms with Gasteiger partial charge in [0.2, 0.25) is 5.91 Å². The highest BCUT2D eigenvalue weighted by molar-refractivity contribution is 5.83. The van der Waals surface area contributed by atoms with Crippen molar-refractivity contribution < 1.29 is 27.9 Å². The number of alkyl halides is 3. The Hall–Kier alpha value is -2.83. The minimum absolute atomic E-state index is 0.0623. The Balaban J connectivity index is 1.60. The summed E-state index contributed by atoms with van der Waals surface area (Å²) in [6, 6.07) is 14.3. The Morgan fingerprint density at radius 1 is 1.07 bits per heavy atom. The van der Waals surface area contributed by atoms with Crippen molar-refractivity contribution in [3.05, 3.63) is 71.3 Å². The summed E-state index contributed by atoms with van der Waals surface area (Å²) in [6.07, 6.45) is -3.87. The SMILES string of the molecule is O=C(O)C(CNC(=O)C1CC1c1ccccc1C(F)(F)F)Cc1ccccc1. The van der Waals surface area contributed by atoms with E-state index in [0.29, 0.717) is 6.42 Å². The number of nitrogens with one attached hydrogen (secondary N) is 1. The van der Waals surface area contributed by atoms with Crippen molar-refractivity contribution in [1.29, 1.82) is 0 Å². The highest BCUT2D eigenvalue weighted by Gasteiger charge is 2.47. The maximum absolute atomic E-state index is 13.1. The Bertz CT molecular complexity index is 851. The molecule has 2 N–H and O–H groups in total. The second-order valence-electron chi connectivity index (χ2n) is 7.00. The normalized spacial score (nSPS) is 19.7. The molecule has 0 aromatic heterocycles. The number of hydrogen-bond donors (Lipinski definition) is 2. The van der Waals surface area contributed by atoms with Crippen LogP contribution in [0.2, 0.25) is 0 Å². The van der Waals surface area contributed by atoms with Crippen LogP contribution in [0.3, 0.4) is 0 Å². The Kier molecular flexibility index (Phi) is 5.72. The van der Waals surface area contributed by atoms with E-state index >= 15 is 0 Å². The third-order valence-corrected chi connectivity index (χ3v) is 4.99. The van der Waals surface area contributed by atoms with Gasteiger partial charge in [0.05, 0.1) is 11.5 Å². The molecule has 0 bridgehead atoms. The first-order chi connectivity index (χ1) is 13.3. The molecule has 1 aliphatic rings. The molecule has 0 radical (unpaired) electrons. The summed E-state index contributed by atoms with van der Waals surface area (Å²) >= 11 is 0. The van der Waals surface area contributed by atoms with Crippen LogP contribution in [0, 0.1) is 11.8 Å². The number of amides is 1. The number of hydrogen-bond acceptors (Lipinski definition) is 2. The number of carboxylic acid groups (broad SMARTS) is 1. The molecule has 3 atom stereocenters. The van der Waals surface area contributed by atoms with E-state index in [1.165, 1.54) is 18.2 Å². The monoisotopic (exact) mass is 391 g/mol. The topological polar surface area (TPSA) is 66.4 Å². The van der Waals surface area contributed by atoms with Gasteiger partial charge in [-0.1, -0.05) is 48.5 Å². The van der Waals surface area contributed by atoms with Crippen LogP contribution in [0.15, 0.2) is 54.6 Å². The third-order valence-electron chi connectivity index (χ3n) is 4.99. The lowest BCUT2D eigenvalue weighted by molar-refractivity contribution is -0.142. The summed E-state index contributed by atoms with van der Waals surface area (Å²) in [6.45, 7) is -0.0623. The summed E-state index contributed by atoms with van der Waals surface area (Å²) in [5.74, 6) is -3.28. The Morgan fingerprint density at radius 2 is 1.71 bits per heavy atom. The quantitative estimate of drug-likeness (QED) is 0.753. The molecule has 2 aromatic carbocycles. The molecule has 7 heteroatoms. The Morgan fingerprint density at radius 3 is 2.36 bits per heavy atom. The van der Waals surface area contributed by atoms with Crippen molar-refractivity contribution in [3.63, 3.8) is 0 Å². The first-order valence-corrected chi connectivity index (χ1v) is 8.98. The van der Waals surface area contributed by atoms with Gasteiger partial charge in [-0.15, -0.1) is 0 Å². The zero-order chi connectivity index (χ0) is 20.3. The van der Waals surface area contributed by atoms with Crippen LogP contribution >= 0.6 is 0 Å². The Labute approximate surface area is 160 Å². The number of carbonyl (C=O) groups is 2. The lowest BCUT2D eigenvalue weighted by Crippen LogP contribution is -2.35. The van der Waals surface area contributed by atoms with Crippen LogP contribution in [-0.4, -0.2) is 23.5 Å². The van der Waals surface area contributed by atoms with Gasteiger partial charge in [-0.05, 0) is 36.0 Å². The largest absolute Gasteiger partial charge is 0.481 e. The van der Waals surface area contributed by atoms with Crippen molar-refractivity contribution in [2.24, 2.45) is 11.8 Å². The number of carbonyl (C=O) groups excluding carboxylic acids is 1. The summed E-state index contributed by atoms with van der Waals surface area (Å²) in [4.78, 5) is 23.8. The fraction of sp³-hybridized carbons (Fsp3) is 0.333. The number of aliphatic carboxylic acids is 1. The van der Waals surface area contributed by atoms with Gasteiger partial charge in [0.15, 0.2) is 0 Å². The molecule has 4 nitrogen and oxygen atoms in total. The third kappa shape index (κ3) is 4.71. The molecule has 3 rings (SSSR count). The zero-order valence-corrected chi connectivity index (χ0v) is 14.9. The van der Waals surface area contributed by atoms with Crippen molar-refractivity contribution in [2.45, 2.75) is 24.9 Å². The fourth-order valence-corrected chi connectivity index (χ4v) is 3.41. The highest BCUT2D eigenvalue weighted by Crippen LogP contribution is 2.51. The number of rotatable bonds is 7. The average Bonchev–Trinajstić information content (AvgIpc) is 3.45. The maximum atomic E-state index is 13.1. The van der Waals surface area contributed by atoms with E-state index in [2.05, 4.69) is 5.32 Å². The van der Waals surface area contributed by atoms with Crippen molar-refractivity contribution in [2.75, 3.05) is 6.54 Å². The molecule has 0 heterocycles. The molecule has 0 aliphatic heterocycles. The second-order valence-corrected chi connectivity index (χ2v) is 7.00. The van der Waals surface area contributed by atoms with Crippen LogP contribution in [0.4, 0.5) is 13.2 Å². The zero-order valence-electron chi connectivity index (χ0n) is 14.9. The lowest BCUT2D eigenvalue weighted by atomic mass is 9.99. The first kappa shape index (κ1) is 19.9. The lowest BCUT2D eigenvalue weighted by Gasteiger charge is -2.14. The van der Waals surface area contributed by atoms with Gasteiger partial charge < -0.3 is 10.4 Å². The van der Waals surface area contributed by atoms with E-state index in [4.69, 9.17) is 0 Å². The van der Waals surface area contributed by atoms with E-state index in [9.17, 15) is 27.9 Å². The summed E-state index contributed by atoms with van der Waals surface area (Å²) in [7, 11) is 0. The molecule has 0 spiro atoms. The molecular formula is C21H20F3NO3. The second kappa shape index (κ2) is 8.04. The van der Waals surface area contributed by atoms with E-state index in [1.807, 2.05) is 18.2 Å². The van der Waals surface area contributed by atoms with Crippen molar-refractivity contribution in [3.8, 4) is 0 Å². The summed E-state index contributed by atoms with van der Waals surface area (Å²) < 4.78 is 39.4. The molecule has 28 heavy (non-hydrogen) atoms. The van der Waals surface area contributed by atoms with E-state index < -0.39 is 41.4 Å². The number of carboxylic acids is 1. The minimum atomic E-state index is -4.47. The van der Waals surface area contributed by atoms with E-state index in [0.717, 1.165) is 11.6 Å². The van der Waals surface area contributed by atoms with Crippen LogP contribution in [0.5, 0.6) is 0 Å². The molecule has 148 valence electrons. The van der Waals surface area contributed by atoms with Gasteiger partial charge >= 0.3 is 12.1 Å². The van der Waals surface area contributed by atoms with Gasteiger partial charge in [-0.2, -0.15) is 13.2 Å². The molecule has 1 saturated carbocycles. The fourth-order valence-electron chi connectivity index (χ4n) is 3.41. The predicted octanol–water partition coefficient (Wildman–Crippen LogP) is 3.87. The highest BCUT2D eigenvalue weighted by atomic mass is 19.4. The van der Waals surface area contributed by atoms with Crippen LogP contribution in [0.1, 0.15) is 29.0 Å². The molecule has 1 aliphatic carbocycles. The van der Waals surface area contributed by atoms with Gasteiger partial charge in [0.25, 0.3) is 0 Å². The van der Waals surface area contributed by atoms with Crippen LogP contribution < -0.4 is 5.32 Å².